The molecule has 0 radical (unpaired) electrons. The van der Waals surface area contributed by atoms with Gasteiger partial charge in [-0.1, -0.05) is 0 Å². The first kappa shape index (κ1) is 13.1. The molecule has 18 heavy (non-hydrogen) atoms. The number of carbonyl (C=O) groups excluding carboxylic acids is 1. The summed E-state index contributed by atoms with van der Waals surface area (Å²) >= 11 is 0. The summed E-state index contributed by atoms with van der Waals surface area (Å²) in [7, 11) is 0. The van der Waals surface area contributed by atoms with E-state index in [4.69, 9.17) is 9.47 Å². The SMILES string of the molecule is O=C(COC1CCOCC1)c1ccc(F)cc1F. The van der Waals surface area contributed by atoms with Crippen molar-refractivity contribution in [3.8, 4) is 0 Å². The van der Waals surface area contributed by atoms with Gasteiger partial charge >= 0.3 is 0 Å². The Hall–Kier alpha value is -1.33. The number of hydrogen-bond donors (Lipinski definition) is 0. The van der Waals surface area contributed by atoms with Crippen LogP contribution in [0.15, 0.2) is 18.2 Å². The van der Waals surface area contributed by atoms with E-state index in [-0.39, 0.29) is 18.3 Å². The lowest BCUT2D eigenvalue weighted by Crippen LogP contribution is -2.26. The second-order valence-corrected chi connectivity index (χ2v) is 4.17. The fraction of sp³-hybridized carbons (Fsp3) is 0.462. The van der Waals surface area contributed by atoms with Crippen LogP contribution in [0.3, 0.4) is 0 Å². The highest BCUT2D eigenvalue weighted by atomic mass is 19.1. The van der Waals surface area contributed by atoms with Gasteiger partial charge in [0.1, 0.15) is 18.2 Å². The van der Waals surface area contributed by atoms with Crippen LogP contribution in [0.5, 0.6) is 0 Å². The van der Waals surface area contributed by atoms with Crippen LogP contribution >= 0.6 is 0 Å². The van der Waals surface area contributed by atoms with E-state index in [1.165, 1.54) is 0 Å². The molecular formula is C13H14F2O3. The largest absolute Gasteiger partial charge is 0.381 e. The molecule has 1 aliphatic heterocycles. The highest BCUT2D eigenvalue weighted by Gasteiger charge is 2.18. The smallest absolute Gasteiger partial charge is 0.191 e. The lowest BCUT2D eigenvalue weighted by atomic mass is 10.1. The molecule has 0 spiro atoms. The Morgan fingerprint density at radius 3 is 2.72 bits per heavy atom. The maximum Gasteiger partial charge on any atom is 0.191 e. The van der Waals surface area contributed by atoms with Crippen molar-refractivity contribution in [3.63, 3.8) is 0 Å². The second-order valence-electron chi connectivity index (χ2n) is 4.17. The summed E-state index contributed by atoms with van der Waals surface area (Å²) < 4.78 is 36.6. The fourth-order valence-electron chi connectivity index (χ4n) is 1.83. The monoisotopic (exact) mass is 256 g/mol. The first-order valence-electron chi connectivity index (χ1n) is 5.84. The van der Waals surface area contributed by atoms with E-state index in [1.807, 2.05) is 0 Å². The third-order valence-electron chi connectivity index (χ3n) is 2.85. The number of carbonyl (C=O) groups is 1. The molecule has 1 aliphatic rings. The molecular weight excluding hydrogens is 242 g/mol. The molecule has 98 valence electrons. The molecule has 0 unspecified atom stereocenters. The molecule has 1 aromatic carbocycles. The van der Waals surface area contributed by atoms with Crippen molar-refractivity contribution in [3.05, 3.63) is 35.4 Å². The number of ketones is 1. The van der Waals surface area contributed by atoms with Crippen LogP contribution in [0.1, 0.15) is 23.2 Å². The minimum Gasteiger partial charge on any atom is -0.381 e. The molecule has 0 saturated carbocycles. The van der Waals surface area contributed by atoms with Gasteiger partial charge in [-0.15, -0.1) is 0 Å². The minimum atomic E-state index is -0.851. The summed E-state index contributed by atoms with van der Waals surface area (Å²) in [5, 5.41) is 0. The number of halogens is 2. The topological polar surface area (TPSA) is 35.5 Å². The Labute approximate surface area is 104 Å². The van der Waals surface area contributed by atoms with Crippen molar-refractivity contribution < 1.29 is 23.0 Å². The summed E-state index contributed by atoms with van der Waals surface area (Å²) in [6.07, 6.45) is 1.45. The van der Waals surface area contributed by atoms with Crippen LogP contribution < -0.4 is 0 Å². The van der Waals surface area contributed by atoms with Crippen LogP contribution in [0, 0.1) is 11.6 Å². The summed E-state index contributed by atoms with van der Waals surface area (Å²) in [5.74, 6) is -2.02. The van der Waals surface area contributed by atoms with Crippen LogP contribution in [0.2, 0.25) is 0 Å². The molecule has 0 atom stereocenters. The molecule has 0 aliphatic carbocycles. The third kappa shape index (κ3) is 3.34. The van der Waals surface area contributed by atoms with Gasteiger partial charge in [-0.3, -0.25) is 4.79 Å². The molecule has 1 heterocycles. The van der Waals surface area contributed by atoms with Gasteiger partial charge in [-0.25, -0.2) is 8.78 Å². The van der Waals surface area contributed by atoms with E-state index >= 15 is 0 Å². The lowest BCUT2D eigenvalue weighted by Gasteiger charge is -2.22. The van der Waals surface area contributed by atoms with Gasteiger partial charge in [0, 0.05) is 19.3 Å². The molecule has 0 bridgehead atoms. The van der Waals surface area contributed by atoms with Gasteiger partial charge in [0.15, 0.2) is 5.78 Å². The molecule has 3 nitrogen and oxygen atoms in total. The van der Waals surface area contributed by atoms with E-state index < -0.39 is 17.4 Å². The van der Waals surface area contributed by atoms with Crippen LogP contribution in [-0.2, 0) is 9.47 Å². The third-order valence-corrected chi connectivity index (χ3v) is 2.85. The average Bonchev–Trinajstić information content (AvgIpc) is 2.37. The van der Waals surface area contributed by atoms with Gasteiger partial charge < -0.3 is 9.47 Å². The molecule has 0 aromatic heterocycles. The predicted octanol–water partition coefficient (Wildman–Crippen LogP) is 2.34. The average molecular weight is 256 g/mol. The molecule has 2 rings (SSSR count). The van der Waals surface area contributed by atoms with E-state index in [2.05, 4.69) is 0 Å². The van der Waals surface area contributed by atoms with Crippen LogP contribution in [0.25, 0.3) is 0 Å². The molecule has 1 fully saturated rings. The van der Waals surface area contributed by atoms with E-state index in [0.29, 0.717) is 19.3 Å². The van der Waals surface area contributed by atoms with Gasteiger partial charge in [-0.2, -0.15) is 0 Å². The van der Waals surface area contributed by atoms with Gasteiger partial charge in [0.2, 0.25) is 0 Å². The summed E-state index contributed by atoms with van der Waals surface area (Å²) in [6, 6.07) is 2.90. The van der Waals surface area contributed by atoms with Crippen molar-refractivity contribution in [1.82, 2.24) is 0 Å². The highest BCUT2D eigenvalue weighted by molar-refractivity contribution is 5.97. The van der Waals surface area contributed by atoms with Gasteiger partial charge in [0.25, 0.3) is 0 Å². The van der Waals surface area contributed by atoms with Gasteiger partial charge in [0.05, 0.1) is 11.7 Å². The normalized spacial score (nSPS) is 16.8. The van der Waals surface area contributed by atoms with Crippen molar-refractivity contribution in [2.75, 3.05) is 19.8 Å². The first-order valence-corrected chi connectivity index (χ1v) is 5.84. The zero-order valence-electron chi connectivity index (χ0n) is 9.83. The molecule has 1 saturated heterocycles. The highest BCUT2D eigenvalue weighted by Crippen LogP contribution is 2.13. The summed E-state index contributed by atoms with van der Waals surface area (Å²) in [6.45, 7) is 1.04. The maximum atomic E-state index is 13.3. The Bertz CT molecular complexity index is 428. The van der Waals surface area contributed by atoms with Crippen molar-refractivity contribution >= 4 is 5.78 Å². The lowest BCUT2D eigenvalue weighted by molar-refractivity contribution is -0.0263. The zero-order valence-corrected chi connectivity index (χ0v) is 9.83. The Morgan fingerprint density at radius 2 is 2.06 bits per heavy atom. The summed E-state index contributed by atoms with van der Waals surface area (Å²) in [4.78, 5) is 11.7. The second kappa shape index (κ2) is 6.02. The number of ether oxygens (including phenoxy) is 2. The van der Waals surface area contributed by atoms with Crippen LogP contribution in [-0.4, -0.2) is 31.7 Å². The van der Waals surface area contributed by atoms with Crippen molar-refractivity contribution in [1.29, 1.82) is 0 Å². The standard InChI is InChI=1S/C13H14F2O3/c14-9-1-2-11(12(15)7-9)13(16)8-18-10-3-5-17-6-4-10/h1-2,7,10H,3-6,8H2. The number of benzene rings is 1. The van der Waals surface area contributed by atoms with Crippen molar-refractivity contribution in [2.45, 2.75) is 18.9 Å². The van der Waals surface area contributed by atoms with Gasteiger partial charge in [-0.05, 0) is 25.0 Å². The van der Waals surface area contributed by atoms with Crippen molar-refractivity contribution in [2.24, 2.45) is 0 Å². The predicted molar refractivity (Wildman–Crippen MR) is 60.5 cm³/mol. The number of hydrogen-bond acceptors (Lipinski definition) is 3. The molecule has 0 amide bonds. The molecule has 1 aromatic rings. The Kier molecular flexibility index (Phi) is 4.38. The maximum absolute atomic E-state index is 13.3. The van der Waals surface area contributed by atoms with Crippen LogP contribution in [0.4, 0.5) is 8.78 Å². The Morgan fingerprint density at radius 1 is 1.33 bits per heavy atom. The fourth-order valence-corrected chi connectivity index (χ4v) is 1.83. The summed E-state index contributed by atoms with van der Waals surface area (Å²) in [5.41, 5.74) is -0.136. The van der Waals surface area contributed by atoms with E-state index in [0.717, 1.165) is 25.0 Å². The quantitative estimate of drug-likeness (QED) is 0.776. The molecule has 5 heteroatoms. The molecule has 0 N–H and O–H groups in total. The first-order chi connectivity index (χ1) is 8.66. The number of rotatable bonds is 4. The number of Topliss-reactive ketones (excluding diaryl/α,β-unsaturated/α-hetero) is 1. The van der Waals surface area contributed by atoms with E-state index in [9.17, 15) is 13.6 Å². The van der Waals surface area contributed by atoms with E-state index in [1.54, 1.807) is 0 Å². The zero-order chi connectivity index (χ0) is 13.0. The minimum absolute atomic E-state index is 0.0220. The Balaban J connectivity index is 1.90.